The molecule has 0 atom stereocenters. The van der Waals surface area contributed by atoms with Crippen molar-refractivity contribution < 1.29 is 14.7 Å². The Hall–Kier alpha value is -2.70. The van der Waals surface area contributed by atoms with Crippen LogP contribution in [0.4, 0.5) is 0 Å². The number of pyridine rings is 1. The molecule has 0 aliphatic heterocycles. The number of nitrogens with one attached hydrogen (secondary N) is 1. The van der Waals surface area contributed by atoms with Crippen LogP contribution in [0.1, 0.15) is 28.8 Å². The summed E-state index contributed by atoms with van der Waals surface area (Å²) in [5.41, 5.74) is -0.517. The minimum atomic E-state index is -1.23. The molecule has 0 saturated heterocycles. The van der Waals surface area contributed by atoms with Crippen molar-refractivity contribution in [2.24, 2.45) is 0 Å². The third kappa shape index (κ3) is 2.16. The molecule has 3 rings (SSSR count). The lowest BCUT2D eigenvalue weighted by atomic mass is 10.2. The number of nitrogens with zero attached hydrogens (tertiary/aromatic N) is 2. The number of carboxylic acid groups (broad SMARTS) is 1. The van der Waals surface area contributed by atoms with Crippen LogP contribution in [0, 0.1) is 6.92 Å². The molecule has 108 valence electrons. The van der Waals surface area contributed by atoms with E-state index < -0.39 is 23.0 Å². The fraction of sp³-hybridized carbons (Fsp3) is 0.286. The van der Waals surface area contributed by atoms with E-state index in [2.05, 4.69) is 10.3 Å². The van der Waals surface area contributed by atoms with Gasteiger partial charge in [0.25, 0.3) is 11.5 Å². The van der Waals surface area contributed by atoms with E-state index in [1.165, 1.54) is 10.6 Å². The topological polar surface area (TPSA) is 101 Å². The predicted molar refractivity (Wildman–Crippen MR) is 73.3 cm³/mol. The third-order valence-corrected chi connectivity index (χ3v) is 3.62. The maximum atomic E-state index is 12.3. The molecule has 0 unspecified atom stereocenters. The van der Waals surface area contributed by atoms with Crippen LogP contribution in [0.5, 0.6) is 0 Å². The smallest absolute Gasteiger partial charge is 0.329 e. The van der Waals surface area contributed by atoms with E-state index in [0.29, 0.717) is 18.5 Å². The van der Waals surface area contributed by atoms with Crippen molar-refractivity contribution in [1.82, 2.24) is 14.7 Å². The molecule has 1 fully saturated rings. The lowest BCUT2D eigenvalue weighted by Crippen LogP contribution is -2.45. The molecule has 0 bridgehead atoms. The summed E-state index contributed by atoms with van der Waals surface area (Å²) in [6, 6.07) is 3.46. The zero-order valence-corrected chi connectivity index (χ0v) is 11.3. The number of aliphatic carboxylic acids is 1. The average Bonchev–Trinajstić information content (AvgIpc) is 3.19. The van der Waals surface area contributed by atoms with Gasteiger partial charge in [-0.3, -0.25) is 14.0 Å². The van der Waals surface area contributed by atoms with Gasteiger partial charge in [-0.1, -0.05) is 0 Å². The first-order valence-electron chi connectivity index (χ1n) is 6.47. The van der Waals surface area contributed by atoms with Crippen molar-refractivity contribution in [1.29, 1.82) is 0 Å². The summed E-state index contributed by atoms with van der Waals surface area (Å²) in [5.74, 6) is -1.79. The van der Waals surface area contributed by atoms with Gasteiger partial charge in [-0.2, -0.15) is 0 Å². The number of carbonyl (C=O) groups excluding carboxylic acids is 1. The van der Waals surface area contributed by atoms with Crippen LogP contribution in [0.25, 0.3) is 5.65 Å². The number of aryl methyl sites for hydroxylation is 1. The quantitative estimate of drug-likeness (QED) is 0.848. The molecule has 2 aromatic heterocycles. The first-order valence-corrected chi connectivity index (χ1v) is 6.47. The molecule has 7 nitrogen and oxygen atoms in total. The van der Waals surface area contributed by atoms with Crippen molar-refractivity contribution >= 4 is 17.5 Å². The summed E-state index contributed by atoms with van der Waals surface area (Å²) < 4.78 is 1.27. The highest BCUT2D eigenvalue weighted by molar-refractivity contribution is 5.98. The Morgan fingerprint density at radius 2 is 2.14 bits per heavy atom. The lowest BCUT2D eigenvalue weighted by Gasteiger charge is -2.12. The molecule has 2 N–H and O–H groups in total. The van der Waals surface area contributed by atoms with Crippen molar-refractivity contribution in [3.8, 4) is 0 Å². The summed E-state index contributed by atoms with van der Waals surface area (Å²) in [5, 5.41) is 11.5. The molecule has 1 saturated carbocycles. The molecule has 7 heteroatoms. The fourth-order valence-electron chi connectivity index (χ4n) is 2.13. The van der Waals surface area contributed by atoms with Gasteiger partial charge in [0.1, 0.15) is 16.7 Å². The molecule has 1 aliphatic rings. The van der Waals surface area contributed by atoms with E-state index in [4.69, 9.17) is 5.11 Å². The second-order valence-electron chi connectivity index (χ2n) is 5.25. The first-order chi connectivity index (χ1) is 9.93. The number of rotatable bonds is 3. The number of amides is 1. The van der Waals surface area contributed by atoms with E-state index in [1.54, 1.807) is 18.3 Å². The maximum Gasteiger partial charge on any atom is 0.329 e. The summed E-state index contributed by atoms with van der Waals surface area (Å²) in [4.78, 5) is 39.5. The van der Waals surface area contributed by atoms with Gasteiger partial charge in [0, 0.05) is 12.4 Å². The Labute approximate surface area is 119 Å². The predicted octanol–water partition coefficient (Wildman–Crippen LogP) is 0.350. The van der Waals surface area contributed by atoms with E-state index in [0.717, 1.165) is 5.56 Å². The molecule has 21 heavy (non-hydrogen) atoms. The SMILES string of the molecule is Cc1ccn2c(=O)c(C(=O)NC3(C(=O)O)CC3)cnc2c1. The lowest BCUT2D eigenvalue weighted by molar-refractivity contribution is -0.140. The van der Waals surface area contributed by atoms with Gasteiger partial charge in [-0.15, -0.1) is 0 Å². The number of carbonyl (C=O) groups is 2. The van der Waals surface area contributed by atoms with Gasteiger partial charge in [0.15, 0.2) is 0 Å². The van der Waals surface area contributed by atoms with Crippen LogP contribution < -0.4 is 10.9 Å². The van der Waals surface area contributed by atoms with E-state index in [9.17, 15) is 14.4 Å². The van der Waals surface area contributed by atoms with E-state index >= 15 is 0 Å². The first kappa shape index (κ1) is 13.3. The largest absolute Gasteiger partial charge is 0.480 e. The molecule has 1 amide bonds. The molecule has 0 aromatic carbocycles. The molecule has 2 heterocycles. The molecular formula is C14H13N3O4. The highest BCUT2D eigenvalue weighted by Crippen LogP contribution is 2.35. The van der Waals surface area contributed by atoms with Crippen LogP contribution in [0.2, 0.25) is 0 Å². The van der Waals surface area contributed by atoms with Gasteiger partial charge in [0.05, 0.1) is 0 Å². The molecule has 2 aromatic rings. The molecular weight excluding hydrogens is 274 g/mol. The summed E-state index contributed by atoms with van der Waals surface area (Å²) >= 11 is 0. The number of hydrogen-bond donors (Lipinski definition) is 2. The zero-order chi connectivity index (χ0) is 15.2. The second kappa shape index (κ2) is 4.41. The van der Waals surface area contributed by atoms with Crippen molar-refractivity contribution in [3.63, 3.8) is 0 Å². The second-order valence-corrected chi connectivity index (χ2v) is 5.25. The summed E-state index contributed by atoms with van der Waals surface area (Å²) in [6.07, 6.45) is 3.47. The molecule has 0 spiro atoms. The number of aromatic nitrogens is 2. The Kier molecular flexibility index (Phi) is 2.79. The van der Waals surface area contributed by atoms with Crippen LogP contribution in [0.3, 0.4) is 0 Å². The van der Waals surface area contributed by atoms with Crippen LogP contribution in [-0.2, 0) is 4.79 Å². The van der Waals surface area contributed by atoms with Crippen LogP contribution in [-0.4, -0.2) is 31.9 Å². The monoisotopic (exact) mass is 287 g/mol. The number of hydrogen-bond acceptors (Lipinski definition) is 4. The Morgan fingerprint density at radius 1 is 1.43 bits per heavy atom. The standard InChI is InChI=1S/C14H13N3O4/c1-8-2-5-17-10(6-8)15-7-9(12(17)19)11(18)16-14(3-4-14)13(20)21/h2,5-7H,3-4H2,1H3,(H,16,18)(H,20,21). The highest BCUT2D eigenvalue weighted by Gasteiger charge is 2.51. The van der Waals surface area contributed by atoms with E-state index in [-0.39, 0.29) is 5.56 Å². The Bertz CT molecular complexity index is 821. The van der Waals surface area contributed by atoms with E-state index in [1.807, 2.05) is 6.92 Å². The molecule has 0 radical (unpaired) electrons. The minimum absolute atomic E-state index is 0.163. The molecule has 1 aliphatic carbocycles. The van der Waals surface area contributed by atoms with Crippen LogP contribution in [0.15, 0.2) is 29.3 Å². The third-order valence-electron chi connectivity index (χ3n) is 3.62. The van der Waals surface area contributed by atoms with Gasteiger partial charge in [0.2, 0.25) is 0 Å². The average molecular weight is 287 g/mol. The summed E-state index contributed by atoms with van der Waals surface area (Å²) in [6.45, 7) is 1.87. The maximum absolute atomic E-state index is 12.3. The number of carboxylic acids is 1. The van der Waals surface area contributed by atoms with Gasteiger partial charge in [-0.25, -0.2) is 9.78 Å². The van der Waals surface area contributed by atoms with Crippen molar-refractivity contribution in [2.75, 3.05) is 0 Å². The zero-order valence-electron chi connectivity index (χ0n) is 11.3. The highest BCUT2D eigenvalue weighted by atomic mass is 16.4. The van der Waals surface area contributed by atoms with Crippen LogP contribution >= 0.6 is 0 Å². The number of fused-ring (bicyclic) bond motifs is 1. The van der Waals surface area contributed by atoms with Gasteiger partial charge >= 0.3 is 5.97 Å². The Balaban J connectivity index is 1.99. The normalized spacial score (nSPS) is 15.7. The minimum Gasteiger partial charge on any atom is -0.480 e. The van der Waals surface area contributed by atoms with Crippen molar-refractivity contribution in [2.45, 2.75) is 25.3 Å². The summed E-state index contributed by atoms with van der Waals surface area (Å²) in [7, 11) is 0. The van der Waals surface area contributed by atoms with Crippen molar-refractivity contribution in [3.05, 3.63) is 46.0 Å². The Morgan fingerprint density at radius 3 is 2.76 bits per heavy atom. The van der Waals surface area contributed by atoms with Gasteiger partial charge in [-0.05, 0) is 37.5 Å². The van der Waals surface area contributed by atoms with Gasteiger partial charge < -0.3 is 10.4 Å². The fourth-order valence-corrected chi connectivity index (χ4v) is 2.13.